The fraction of sp³-hybridized carbons (Fsp3) is 0.786. The van der Waals surface area contributed by atoms with Crippen LogP contribution in [0.3, 0.4) is 0 Å². The second-order valence-corrected chi connectivity index (χ2v) is 5.76. The topological polar surface area (TPSA) is 112 Å². The molecule has 0 saturated carbocycles. The first-order chi connectivity index (χ1) is 9.61. The van der Waals surface area contributed by atoms with Crippen molar-refractivity contribution < 1.29 is 29.7 Å². The van der Waals surface area contributed by atoms with Crippen molar-refractivity contribution in [3.05, 3.63) is 0 Å². The Kier molecular flexibility index (Phi) is 37.2. The van der Waals surface area contributed by atoms with E-state index in [0.29, 0.717) is 0 Å². The van der Waals surface area contributed by atoms with E-state index in [1.54, 1.807) is 0 Å². The number of rotatable bonds is 6. The van der Waals surface area contributed by atoms with Gasteiger partial charge >= 0.3 is 72.4 Å². The van der Waals surface area contributed by atoms with Gasteiger partial charge in [-0.1, -0.05) is 0 Å². The van der Waals surface area contributed by atoms with E-state index in [0.717, 1.165) is 20.8 Å². The Bertz CT molecular complexity index is 197. The summed E-state index contributed by atoms with van der Waals surface area (Å²) in [4.78, 5) is 27.0. The van der Waals surface area contributed by atoms with Crippen LogP contribution in [-0.4, -0.2) is 55.8 Å². The first-order valence-corrected chi connectivity index (χ1v) is 9.23. The summed E-state index contributed by atoms with van der Waals surface area (Å²) in [7, 11) is 0. The fourth-order valence-corrected chi connectivity index (χ4v) is 1.75. The summed E-state index contributed by atoms with van der Waals surface area (Å²) in [5.41, 5.74) is 0. The van der Waals surface area contributed by atoms with Crippen LogP contribution in [0.5, 0.6) is 0 Å². The van der Waals surface area contributed by atoms with Gasteiger partial charge in [-0.05, 0) is 0 Å². The van der Waals surface area contributed by atoms with Crippen LogP contribution in [0.15, 0.2) is 0 Å². The molecule has 0 spiro atoms. The summed E-state index contributed by atoms with van der Waals surface area (Å²) in [6.45, 7) is 5.52. The number of unbranched alkanes of at least 4 members (excludes halogenated alkanes) is 5. The van der Waals surface area contributed by atoms with Crippen LogP contribution >= 0.6 is 0 Å². The molecule has 0 saturated heterocycles. The molecule has 0 amide bonds. The molecule has 7 heteroatoms. The van der Waals surface area contributed by atoms with E-state index >= 15 is 0 Å². The maximum atomic E-state index is 9.00. The van der Waals surface area contributed by atoms with Crippen LogP contribution in [0.25, 0.3) is 0 Å². The molecule has 0 aromatic rings. The zero-order chi connectivity index (χ0) is 17.7. The summed E-state index contributed by atoms with van der Waals surface area (Å²) in [5, 5.41) is 22.2. The molecule has 0 unspecified atom stereocenters. The van der Waals surface area contributed by atoms with Gasteiger partial charge in [-0.2, -0.15) is 0 Å². The molecule has 0 rings (SSSR count). The third kappa shape index (κ3) is 210. The molecule has 126 valence electrons. The third-order valence-corrected chi connectivity index (χ3v) is 2.72. The Balaban J connectivity index is -0.000000102. The molecule has 2 radical (unpaired) electrons. The van der Waals surface area contributed by atoms with Crippen molar-refractivity contribution in [2.75, 3.05) is 0 Å². The molecule has 6 nitrogen and oxygen atoms in total. The summed E-state index contributed by atoms with van der Waals surface area (Å²) < 4.78 is 1.50. The summed E-state index contributed by atoms with van der Waals surface area (Å²) in [6, 6.07) is 0. The molecule has 0 aromatic carbocycles. The number of carboxylic acid groups (broad SMARTS) is 3. The fourth-order valence-electron chi connectivity index (χ4n) is 0.925. The van der Waals surface area contributed by atoms with Gasteiger partial charge in [-0.15, -0.1) is 0 Å². The second kappa shape index (κ2) is 27.5. The van der Waals surface area contributed by atoms with E-state index in [1.807, 2.05) is 0 Å². The van der Waals surface area contributed by atoms with Crippen LogP contribution in [0, 0.1) is 0 Å². The van der Waals surface area contributed by atoms with Gasteiger partial charge in [0.15, 0.2) is 0 Å². The average molecular weight is 413 g/mol. The molecule has 0 bridgehead atoms. The van der Waals surface area contributed by atoms with Crippen molar-refractivity contribution in [3.63, 3.8) is 0 Å². The van der Waals surface area contributed by atoms with Crippen LogP contribution in [0.2, 0.25) is 4.44 Å². The van der Waals surface area contributed by atoms with Crippen LogP contribution in [-0.2, 0) is 14.4 Å². The number of aliphatic carboxylic acids is 3. The average Bonchev–Trinajstić information content (AvgIpc) is 2.26. The van der Waals surface area contributed by atoms with Crippen molar-refractivity contribution >= 4 is 40.4 Å². The second-order valence-electron chi connectivity index (χ2n) is 4.11. The summed E-state index contributed by atoms with van der Waals surface area (Å²) in [5.74, 6) is -2.50. The van der Waals surface area contributed by atoms with E-state index in [4.69, 9.17) is 29.7 Å². The molecular formula is C14H30O6Sn. The Labute approximate surface area is 141 Å². The van der Waals surface area contributed by atoms with E-state index in [-0.39, 0.29) is 0 Å². The Morgan fingerprint density at radius 1 is 0.714 bits per heavy atom. The predicted octanol–water partition coefficient (Wildman–Crippen LogP) is 2.94. The Morgan fingerprint density at radius 2 is 0.952 bits per heavy atom. The van der Waals surface area contributed by atoms with Gasteiger partial charge in [0.2, 0.25) is 0 Å². The van der Waals surface area contributed by atoms with Gasteiger partial charge in [0.25, 0.3) is 17.9 Å². The van der Waals surface area contributed by atoms with Crippen molar-refractivity contribution in [2.45, 2.75) is 70.7 Å². The Morgan fingerprint density at radius 3 is 1.19 bits per heavy atom. The molecule has 3 N–H and O–H groups in total. The molecule has 0 aliphatic rings. The monoisotopic (exact) mass is 414 g/mol. The number of hydrogen-bond acceptors (Lipinski definition) is 3. The van der Waals surface area contributed by atoms with Crippen molar-refractivity contribution in [1.82, 2.24) is 0 Å². The van der Waals surface area contributed by atoms with Gasteiger partial charge in [-0.3, -0.25) is 14.4 Å². The maximum absolute atomic E-state index is 9.00. The molecule has 21 heavy (non-hydrogen) atoms. The first kappa shape index (κ1) is 28.4. The zero-order valence-electron chi connectivity index (χ0n) is 13.6. The van der Waals surface area contributed by atoms with Gasteiger partial charge in [0, 0.05) is 20.8 Å². The normalized spacial score (nSPS) is 7.86. The summed E-state index contributed by atoms with van der Waals surface area (Å²) >= 11 is 1.46. The number of carbonyl (C=O) groups is 3. The van der Waals surface area contributed by atoms with Crippen LogP contribution in [0.1, 0.15) is 66.2 Å². The van der Waals surface area contributed by atoms with Crippen LogP contribution < -0.4 is 0 Å². The molecule has 0 atom stereocenters. The van der Waals surface area contributed by atoms with Gasteiger partial charge < -0.3 is 15.3 Å². The minimum atomic E-state index is -0.833. The van der Waals surface area contributed by atoms with Crippen LogP contribution in [0.4, 0.5) is 0 Å². The van der Waals surface area contributed by atoms with E-state index < -0.39 is 17.9 Å². The first-order valence-electron chi connectivity index (χ1n) is 6.90. The van der Waals surface area contributed by atoms with Gasteiger partial charge in [0.05, 0.1) is 0 Å². The van der Waals surface area contributed by atoms with E-state index in [1.165, 1.54) is 65.5 Å². The summed E-state index contributed by atoms with van der Waals surface area (Å²) in [6.07, 6.45) is 8.75. The Hall–Kier alpha value is -0.791. The zero-order valence-corrected chi connectivity index (χ0v) is 16.9. The third-order valence-electron chi connectivity index (χ3n) is 1.56. The SMILES string of the molecule is CC(=O)O.CC(=O)O.CC(=O)O.CCCCCCC[CH2][SnH]. The molecular weight excluding hydrogens is 383 g/mol. The molecule has 0 aromatic heterocycles. The molecule has 0 heterocycles. The van der Waals surface area contributed by atoms with Crippen molar-refractivity contribution in [2.24, 2.45) is 0 Å². The van der Waals surface area contributed by atoms with Crippen molar-refractivity contribution in [3.8, 4) is 0 Å². The van der Waals surface area contributed by atoms with Gasteiger partial charge in [-0.25, -0.2) is 0 Å². The van der Waals surface area contributed by atoms with Gasteiger partial charge in [0.1, 0.15) is 0 Å². The standard InChI is InChI=1S/C8H17.3C2H4O2.Sn.H/c1-3-5-7-8-6-4-2;3*1-2(3)4;;/h1,3-8H2,2H3;3*1H3,(H,3,4);;. The molecule has 0 aliphatic heterocycles. The van der Waals surface area contributed by atoms with E-state index in [2.05, 4.69) is 6.92 Å². The molecule has 0 aliphatic carbocycles. The molecule has 0 fully saturated rings. The number of hydrogen-bond donors (Lipinski definition) is 3. The van der Waals surface area contributed by atoms with E-state index in [9.17, 15) is 0 Å². The quantitative estimate of drug-likeness (QED) is 0.456. The number of carboxylic acids is 3. The van der Waals surface area contributed by atoms with Crippen molar-refractivity contribution in [1.29, 1.82) is 0 Å². The minimum absolute atomic E-state index is 0.833. The predicted molar refractivity (Wildman–Crippen MR) is 85.3 cm³/mol.